The summed E-state index contributed by atoms with van der Waals surface area (Å²) in [5.74, 6) is 0.887. The number of carbonyl (C=O) groups is 1. The molecular formula is C8H13O2. The maximum Gasteiger partial charge on any atom is 0.313 e. The van der Waals surface area contributed by atoms with E-state index >= 15 is 0 Å². The molecular weight excluding hydrogens is 128 g/mol. The predicted molar refractivity (Wildman–Crippen MR) is 38.3 cm³/mol. The van der Waals surface area contributed by atoms with Crippen LogP contribution in [0.15, 0.2) is 0 Å². The predicted octanol–water partition coefficient (Wildman–Crippen LogP) is 1.70. The molecule has 0 aromatic rings. The van der Waals surface area contributed by atoms with Crippen molar-refractivity contribution in [3.05, 3.63) is 5.92 Å². The van der Waals surface area contributed by atoms with Gasteiger partial charge in [-0.25, -0.2) is 0 Å². The molecule has 1 radical (unpaired) electrons. The topological polar surface area (TPSA) is 26.3 Å². The van der Waals surface area contributed by atoms with Crippen LogP contribution < -0.4 is 0 Å². The molecule has 57 valence electrons. The van der Waals surface area contributed by atoms with Crippen molar-refractivity contribution >= 4 is 5.97 Å². The molecule has 0 unspecified atom stereocenters. The van der Waals surface area contributed by atoms with Gasteiger partial charge >= 0.3 is 5.97 Å². The molecule has 0 aromatic heterocycles. The van der Waals surface area contributed by atoms with Gasteiger partial charge in [0, 0.05) is 0 Å². The van der Waals surface area contributed by atoms with Crippen molar-refractivity contribution in [2.24, 2.45) is 0 Å². The number of esters is 1. The standard InChI is InChI=1S/C8H13O2/c1-2-7-5-3-4-6-10-8(7)9/h2-6H2,1H3. The Morgan fingerprint density at radius 1 is 1.50 bits per heavy atom. The molecule has 1 rings (SSSR count). The Bertz CT molecular complexity index is 120. The summed E-state index contributed by atoms with van der Waals surface area (Å²) in [6.45, 7) is 2.62. The summed E-state index contributed by atoms with van der Waals surface area (Å²) in [5.41, 5.74) is 0. The van der Waals surface area contributed by atoms with Crippen molar-refractivity contribution in [1.82, 2.24) is 0 Å². The third-order valence-corrected chi connectivity index (χ3v) is 1.82. The van der Waals surface area contributed by atoms with E-state index in [-0.39, 0.29) is 5.97 Å². The lowest BCUT2D eigenvalue weighted by Crippen LogP contribution is -2.11. The van der Waals surface area contributed by atoms with Crippen molar-refractivity contribution in [3.8, 4) is 0 Å². The second-order valence-electron chi connectivity index (χ2n) is 2.55. The molecule has 0 aromatic carbocycles. The van der Waals surface area contributed by atoms with Crippen LogP contribution in [-0.4, -0.2) is 12.6 Å². The van der Waals surface area contributed by atoms with Gasteiger partial charge in [0.15, 0.2) is 0 Å². The van der Waals surface area contributed by atoms with E-state index in [9.17, 15) is 4.79 Å². The van der Waals surface area contributed by atoms with Gasteiger partial charge in [-0.1, -0.05) is 6.92 Å². The van der Waals surface area contributed by atoms with E-state index in [1.165, 1.54) is 0 Å². The van der Waals surface area contributed by atoms with Gasteiger partial charge < -0.3 is 4.74 Å². The van der Waals surface area contributed by atoms with Crippen molar-refractivity contribution in [2.45, 2.75) is 32.6 Å². The molecule has 2 nitrogen and oxygen atoms in total. The molecule has 1 fully saturated rings. The molecule has 1 heterocycles. The maximum absolute atomic E-state index is 11.0. The van der Waals surface area contributed by atoms with E-state index in [0.29, 0.717) is 6.61 Å². The first-order valence-electron chi connectivity index (χ1n) is 3.86. The van der Waals surface area contributed by atoms with E-state index in [0.717, 1.165) is 31.6 Å². The Morgan fingerprint density at radius 3 is 3.00 bits per heavy atom. The summed E-state index contributed by atoms with van der Waals surface area (Å²) in [6.07, 6.45) is 3.92. The molecule has 1 aliphatic rings. The molecule has 0 amide bonds. The van der Waals surface area contributed by atoms with E-state index in [4.69, 9.17) is 4.74 Å². The Kier molecular flexibility index (Phi) is 2.72. The lowest BCUT2D eigenvalue weighted by molar-refractivity contribution is -0.140. The van der Waals surface area contributed by atoms with Gasteiger partial charge in [0.25, 0.3) is 0 Å². The summed E-state index contributed by atoms with van der Waals surface area (Å²) in [4.78, 5) is 11.0. The number of hydrogen-bond donors (Lipinski definition) is 0. The molecule has 0 atom stereocenters. The molecule has 10 heavy (non-hydrogen) atoms. The van der Waals surface area contributed by atoms with Crippen LogP contribution in [0.1, 0.15) is 32.6 Å². The van der Waals surface area contributed by atoms with Crippen LogP contribution >= 0.6 is 0 Å². The largest absolute Gasteiger partial charge is 0.465 e. The van der Waals surface area contributed by atoms with Crippen LogP contribution in [0.5, 0.6) is 0 Å². The molecule has 0 N–H and O–H groups in total. The molecule has 0 aliphatic carbocycles. The van der Waals surface area contributed by atoms with Gasteiger partial charge in [-0.3, -0.25) is 4.79 Å². The minimum atomic E-state index is -0.0694. The first-order chi connectivity index (χ1) is 4.84. The van der Waals surface area contributed by atoms with Gasteiger partial charge in [0.2, 0.25) is 0 Å². The van der Waals surface area contributed by atoms with Gasteiger partial charge in [-0.2, -0.15) is 0 Å². The van der Waals surface area contributed by atoms with Crippen LogP contribution in [0.25, 0.3) is 0 Å². The van der Waals surface area contributed by atoms with Gasteiger partial charge in [-0.05, 0) is 25.7 Å². The SMILES string of the molecule is CC[C]1CCCCOC1=O. The van der Waals surface area contributed by atoms with Crippen LogP contribution in [0, 0.1) is 5.92 Å². The van der Waals surface area contributed by atoms with Crippen LogP contribution in [-0.2, 0) is 9.53 Å². The third-order valence-electron chi connectivity index (χ3n) is 1.82. The van der Waals surface area contributed by atoms with Crippen molar-refractivity contribution < 1.29 is 9.53 Å². The summed E-state index contributed by atoms with van der Waals surface area (Å²) in [5, 5.41) is 0. The number of hydrogen-bond acceptors (Lipinski definition) is 2. The minimum absolute atomic E-state index is 0.0694. The summed E-state index contributed by atoms with van der Waals surface area (Å²) in [6, 6.07) is 0. The van der Waals surface area contributed by atoms with Gasteiger partial charge in [0.1, 0.15) is 0 Å². The fraction of sp³-hybridized carbons (Fsp3) is 0.750. The average Bonchev–Trinajstić information content (AvgIpc) is 2.13. The Morgan fingerprint density at radius 2 is 2.30 bits per heavy atom. The molecule has 0 spiro atoms. The average molecular weight is 141 g/mol. The van der Waals surface area contributed by atoms with Crippen LogP contribution in [0.4, 0.5) is 0 Å². The zero-order chi connectivity index (χ0) is 7.40. The fourth-order valence-corrected chi connectivity index (χ4v) is 1.13. The molecule has 1 aliphatic heterocycles. The third kappa shape index (κ3) is 1.72. The Labute approximate surface area is 61.6 Å². The maximum atomic E-state index is 11.0. The highest BCUT2D eigenvalue weighted by atomic mass is 16.5. The number of ether oxygens (including phenoxy) is 1. The molecule has 0 saturated carbocycles. The summed E-state index contributed by atoms with van der Waals surface area (Å²) >= 11 is 0. The molecule has 1 saturated heterocycles. The van der Waals surface area contributed by atoms with E-state index in [2.05, 4.69) is 0 Å². The number of rotatable bonds is 1. The van der Waals surface area contributed by atoms with Crippen molar-refractivity contribution in [3.63, 3.8) is 0 Å². The normalized spacial score (nSPS) is 21.9. The smallest absolute Gasteiger partial charge is 0.313 e. The highest BCUT2D eigenvalue weighted by Gasteiger charge is 2.20. The highest BCUT2D eigenvalue weighted by molar-refractivity contribution is 5.84. The van der Waals surface area contributed by atoms with Gasteiger partial charge in [0.05, 0.1) is 12.5 Å². The lowest BCUT2D eigenvalue weighted by atomic mass is 10.0. The summed E-state index contributed by atoms with van der Waals surface area (Å²) in [7, 11) is 0. The minimum Gasteiger partial charge on any atom is -0.465 e. The highest BCUT2D eigenvalue weighted by Crippen LogP contribution is 2.19. The number of carbonyl (C=O) groups excluding carboxylic acids is 1. The first kappa shape index (κ1) is 7.58. The zero-order valence-corrected chi connectivity index (χ0v) is 6.35. The quantitative estimate of drug-likeness (QED) is 0.519. The second-order valence-corrected chi connectivity index (χ2v) is 2.55. The fourth-order valence-electron chi connectivity index (χ4n) is 1.13. The van der Waals surface area contributed by atoms with Crippen LogP contribution in [0.2, 0.25) is 0 Å². The van der Waals surface area contributed by atoms with Crippen molar-refractivity contribution in [2.75, 3.05) is 6.61 Å². The monoisotopic (exact) mass is 141 g/mol. The first-order valence-corrected chi connectivity index (χ1v) is 3.86. The lowest BCUT2D eigenvalue weighted by Gasteiger charge is -2.06. The van der Waals surface area contributed by atoms with E-state index in [1.807, 2.05) is 6.92 Å². The number of cyclic esters (lactones) is 1. The van der Waals surface area contributed by atoms with E-state index in [1.54, 1.807) is 0 Å². The second kappa shape index (κ2) is 3.59. The molecule has 0 bridgehead atoms. The van der Waals surface area contributed by atoms with Crippen LogP contribution in [0.3, 0.4) is 0 Å². The van der Waals surface area contributed by atoms with E-state index < -0.39 is 0 Å². The summed E-state index contributed by atoms with van der Waals surface area (Å²) < 4.78 is 4.93. The molecule has 2 heteroatoms. The Hall–Kier alpha value is -0.530. The Balaban J connectivity index is 2.43. The van der Waals surface area contributed by atoms with Gasteiger partial charge in [-0.15, -0.1) is 0 Å². The zero-order valence-electron chi connectivity index (χ0n) is 6.35. The van der Waals surface area contributed by atoms with Crippen molar-refractivity contribution in [1.29, 1.82) is 0 Å².